The molecule has 0 saturated carbocycles. The van der Waals surface area contributed by atoms with Gasteiger partial charge in [-0.25, -0.2) is 0 Å². The highest BCUT2D eigenvalue weighted by Gasteiger charge is 1.98. The minimum Gasteiger partial charge on any atom is -0.252 e. The van der Waals surface area contributed by atoms with Crippen molar-refractivity contribution in [2.24, 2.45) is 0 Å². The fraction of sp³-hybridized carbons (Fsp3) is 0.231. The Hall–Kier alpha value is -1.88. The molecule has 0 N–H and O–H groups in total. The summed E-state index contributed by atoms with van der Waals surface area (Å²) in [6.45, 7) is 2.14. The Bertz CT molecular complexity index is 524. The fourth-order valence-corrected chi connectivity index (χ4v) is 1.62. The molecular weight excluding hydrogens is 184 g/mol. The van der Waals surface area contributed by atoms with Crippen LogP contribution in [-0.4, -0.2) is 4.98 Å². The number of aromatic nitrogens is 1. The lowest BCUT2D eigenvalue weighted by atomic mass is 10.1. The zero-order valence-corrected chi connectivity index (χ0v) is 8.70. The lowest BCUT2D eigenvalue weighted by Gasteiger charge is -2.02. The van der Waals surface area contributed by atoms with Gasteiger partial charge < -0.3 is 0 Å². The number of nitriles is 1. The van der Waals surface area contributed by atoms with Crippen LogP contribution in [0.5, 0.6) is 0 Å². The fourth-order valence-electron chi connectivity index (χ4n) is 1.62. The van der Waals surface area contributed by atoms with Crippen molar-refractivity contribution in [2.75, 3.05) is 0 Å². The maximum Gasteiger partial charge on any atom is 0.0774 e. The van der Waals surface area contributed by atoms with E-state index >= 15 is 0 Å². The van der Waals surface area contributed by atoms with Gasteiger partial charge in [0.05, 0.1) is 23.7 Å². The molecule has 0 unspecified atom stereocenters. The van der Waals surface area contributed by atoms with E-state index in [0.29, 0.717) is 6.42 Å². The van der Waals surface area contributed by atoms with Gasteiger partial charge in [-0.3, -0.25) is 4.98 Å². The van der Waals surface area contributed by atoms with E-state index < -0.39 is 0 Å². The van der Waals surface area contributed by atoms with Crippen LogP contribution in [0.2, 0.25) is 0 Å². The SMILES string of the molecule is CCc1ccc2nc(CC#N)ccc2c1. The Morgan fingerprint density at radius 3 is 2.87 bits per heavy atom. The first kappa shape index (κ1) is 9.67. The second-order valence-corrected chi connectivity index (χ2v) is 3.52. The van der Waals surface area contributed by atoms with Gasteiger partial charge in [0.25, 0.3) is 0 Å². The molecule has 2 aromatic rings. The molecule has 1 aromatic heterocycles. The third kappa shape index (κ3) is 1.97. The standard InChI is InChI=1S/C13H12N2/c1-2-10-3-6-13-11(9-10)4-5-12(15-13)7-8-14/h3-6,9H,2,7H2,1H3. The number of pyridine rings is 1. The zero-order chi connectivity index (χ0) is 10.7. The van der Waals surface area contributed by atoms with Crippen molar-refractivity contribution in [3.8, 4) is 6.07 Å². The van der Waals surface area contributed by atoms with E-state index in [0.717, 1.165) is 23.0 Å². The molecule has 0 radical (unpaired) electrons. The van der Waals surface area contributed by atoms with Crippen LogP contribution < -0.4 is 0 Å². The predicted octanol–water partition coefficient (Wildman–Crippen LogP) is 2.86. The highest BCUT2D eigenvalue weighted by Crippen LogP contribution is 2.15. The quantitative estimate of drug-likeness (QED) is 0.740. The molecule has 0 aliphatic carbocycles. The molecule has 15 heavy (non-hydrogen) atoms. The molecule has 1 aromatic carbocycles. The number of nitrogens with zero attached hydrogens (tertiary/aromatic N) is 2. The molecule has 0 amide bonds. The van der Waals surface area contributed by atoms with Crippen molar-refractivity contribution >= 4 is 10.9 Å². The molecule has 2 nitrogen and oxygen atoms in total. The molecule has 0 atom stereocenters. The molecular formula is C13H12N2. The van der Waals surface area contributed by atoms with Gasteiger partial charge in [0.1, 0.15) is 0 Å². The van der Waals surface area contributed by atoms with Crippen LogP contribution in [-0.2, 0) is 12.8 Å². The van der Waals surface area contributed by atoms with Crippen LogP contribution in [0.15, 0.2) is 30.3 Å². The Balaban J connectivity index is 2.51. The van der Waals surface area contributed by atoms with E-state index in [1.165, 1.54) is 5.56 Å². The first-order valence-electron chi connectivity index (χ1n) is 5.09. The summed E-state index contributed by atoms with van der Waals surface area (Å²) in [5.74, 6) is 0. The van der Waals surface area contributed by atoms with Crippen molar-refractivity contribution in [3.63, 3.8) is 0 Å². The number of hydrogen-bond donors (Lipinski definition) is 0. The molecule has 0 bridgehead atoms. The van der Waals surface area contributed by atoms with Crippen molar-refractivity contribution < 1.29 is 0 Å². The van der Waals surface area contributed by atoms with Gasteiger partial charge >= 0.3 is 0 Å². The molecule has 2 rings (SSSR count). The number of benzene rings is 1. The zero-order valence-electron chi connectivity index (χ0n) is 8.70. The van der Waals surface area contributed by atoms with E-state index in [9.17, 15) is 0 Å². The average Bonchev–Trinajstić information content (AvgIpc) is 2.29. The number of aryl methyl sites for hydroxylation is 1. The maximum atomic E-state index is 8.58. The Labute approximate surface area is 89.2 Å². The predicted molar refractivity (Wildman–Crippen MR) is 60.4 cm³/mol. The molecule has 0 spiro atoms. The molecule has 1 heterocycles. The normalized spacial score (nSPS) is 10.1. The Morgan fingerprint density at radius 2 is 2.13 bits per heavy atom. The highest BCUT2D eigenvalue weighted by molar-refractivity contribution is 5.79. The summed E-state index contributed by atoms with van der Waals surface area (Å²) < 4.78 is 0. The molecule has 0 aliphatic rings. The number of rotatable bonds is 2. The van der Waals surface area contributed by atoms with Crippen LogP contribution in [0, 0.1) is 11.3 Å². The van der Waals surface area contributed by atoms with Gasteiger partial charge in [-0.1, -0.05) is 19.1 Å². The summed E-state index contributed by atoms with van der Waals surface area (Å²) in [4.78, 5) is 4.42. The van der Waals surface area contributed by atoms with Gasteiger partial charge in [-0.15, -0.1) is 0 Å². The monoisotopic (exact) mass is 196 g/mol. The average molecular weight is 196 g/mol. The van der Waals surface area contributed by atoms with Crippen LogP contribution in [0.1, 0.15) is 18.2 Å². The first-order valence-corrected chi connectivity index (χ1v) is 5.09. The lowest BCUT2D eigenvalue weighted by molar-refractivity contribution is 1.13. The second-order valence-electron chi connectivity index (χ2n) is 3.52. The topological polar surface area (TPSA) is 36.7 Å². The highest BCUT2D eigenvalue weighted by atomic mass is 14.7. The minimum atomic E-state index is 0.380. The van der Waals surface area contributed by atoms with E-state index in [4.69, 9.17) is 5.26 Å². The summed E-state index contributed by atoms with van der Waals surface area (Å²) in [6.07, 6.45) is 1.42. The lowest BCUT2D eigenvalue weighted by Crippen LogP contribution is -1.89. The van der Waals surface area contributed by atoms with Gasteiger partial charge in [0, 0.05) is 5.39 Å². The molecule has 0 aliphatic heterocycles. The summed E-state index contributed by atoms with van der Waals surface area (Å²) >= 11 is 0. The van der Waals surface area contributed by atoms with Crippen molar-refractivity contribution in [3.05, 3.63) is 41.6 Å². The molecule has 2 heteroatoms. The van der Waals surface area contributed by atoms with E-state index in [1.807, 2.05) is 18.2 Å². The van der Waals surface area contributed by atoms with E-state index in [1.54, 1.807) is 0 Å². The van der Waals surface area contributed by atoms with Gasteiger partial charge in [0.2, 0.25) is 0 Å². The second kappa shape index (κ2) is 4.10. The van der Waals surface area contributed by atoms with Crippen molar-refractivity contribution in [1.82, 2.24) is 4.98 Å². The summed E-state index contributed by atoms with van der Waals surface area (Å²) in [5, 5.41) is 9.73. The smallest absolute Gasteiger partial charge is 0.0774 e. The van der Waals surface area contributed by atoms with Crippen LogP contribution in [0.3, 0.4) is 0 Å². The number of hydrogen-bond acceptors (Lipinski definition) is 2. The third-order valence-electron chi connectivity index (χ3n) is 2.48. The van der Waals surface area contributed by atoms with Crippen LogP contribution in [0.25, 0.3) is 10.9 Å². The number of fused-ring (bicyclic) bond motifs is 1. The van der Waals surface area contributed by atoms with Crippen molar-refractivity contribution in [1.29, 1.82) is 5.26 Å². The molecule has 74 valence electrons. The van der Waals surface area contributed by atoms with E-state index in [-0.39, 0.29) is 0 Å². The molecule has 0 saturated heterocycles. The third-order valence-corrected chi connectivity index (χ3v) is 2.48. The van der Waals surface area contributed by atoms with Crippen LogP contribution in [0.4, 0.5) is 0 Å². The summed E-state index contributed by atoms with van der Waals surface area (Å²) in [5.41, 5.74) is 3.13. The summed E-state index contributed by atoms with van der Waals surface area (Å²) in [6, 6.07) is 12.3. The van der Waals surface area contributed by atoms with Gasteiger partial charge in [0.15, 0.2) is 0 Å². The molecule has 0 fully saturated rings. The maximum absolute atomic E-state index is 8.58. The Morgan fingerprint density at radius 1 is 1.27 bits per heavy atom. The van der Waals surface area contributed by atoms with E-state index in [2.05, 4.69) is 30.1 Å². The van der Waals surface area contributed by atoms with Crippen LogP contribution >= 0.6 is 0 Å². The van der Waals surface area contributed by atoms with Gasteiger partial charge in [-0.05, 0) is 30.2 Å². The van der Waals surface area contributed by atoms with Crippen molar-refractivity contribution in [2.45, 2.75) is 19.8 Å². The largest absolute Gasteiger partial charge is 0.252 e. The minimum absolute atomic E-state index is 0.380. The summed E-state index contributed by atoms with van der Waals surface area (Å²) in [7, 11) is 0. The Kier molecular flexibility index (Phi) is 2.64. The first-order chi connectivity index (χ1) is 7.33. The van der Waals surface area contributed by atoms with Gasteiger partial charge in [-0.2, -0.15) is 5.26 Å².